The Morgan fingerprint density at radius 2 is 1.93 bits per heavy atom. The Bertz CT molecular complexity index is 218. The quantitative estimate of drug-likeness (QED) is 0.582. The molecule has 0 aromatic carbocycles. The van der Waals surface area contributed by atoms with E-state index >= 15 is 0 Å². The average Bonchev–Trinajstić information content (AvgIpc) is 2.14. The fraction of sp³-hybridized carbons (Fsp3) is 0.778. The van der Waals surface area contributed by atoms with Gasteiger partial charge in [-0.05, 0) is 12.8 Å². The molecule has 0 saturated heterocycles. The summed E-state index contributed by atoms with van der Waals surface area (Å²) in [6.45, 7) is 5.19. The van der Waals surface area contributed by atoms with Crippen molar-refractivity contribution in [3.05, 3.63) is 0 Å². The van der Waals surface area contributed by atoms with Crippen LogP contribution in [-0.4, -0.2) is 29.1 Å². The summed E-state index contributed by atoms with van der Waals surface area (Å²) in [4.78, 5) is 21.8. The lowest BCUT2D eigenvalue weighted by Gasteiger charge is -2.19. The smallest absolute Gasteiger partial charge is 0.325 e. The molecule has 0 rings (SSSR count). The minimum absolute atomic E-state index is 0.0518. The van der Waals surface area contributed by atoms with Crippen molar-refractivity contribution in [2.24, 2.45) is 11.7 Å². The highest BCUT2D eigenvalue weighted by Gasteiger charge is 2.22. The first-order chi connectivity index (χ1) is 6.40. The number of amides is 1. The maximum absolute atomic E-state index is 11.4. The molecule has 0 bridgehead atoms. The first-order valence-electron chi connectivity index (χ1n) is 4.68. The van der Waals surface area contributed by atoms with Crippen molar-refractivity contribution in [3.8, 4) is 0 Å². The third-order valence-electron chi connectivity index (χ3n) is 2.29. The van der Waals surface area contributed by atoms with E-state index in [2.05, 4.69) is 5.32 Å². The van der Waals surface area contributed by atoms with Gasteiger partial charge in [0.2, 0.25) is 5.91 Å². The van der Waals surface area contributed by atoms with E-state index < -0.39 is 24.0 Å². The summed E-state index contributed by atoms with van der Waals surface area (Å²) < 4.78 is 0. The van der Waals surface area contributed by atoms with Crippen molar-refractivity contribution < 1.29 is 14.7 Å². The number of carbonyl (C=O) groups is 2. The highest BCUT2D eigenvalue weighted by molar-refractivity contribution is 5.86. The van der Waals surface area contributed by atoms with Gasteiger partial charge in [-0.1, -0.05) is 20.3 Å². The largest absolute Gasteiger partial charge is 0.480 e. The van der Waals surface area contributed by atoms with Gasteiger partial charge < -0.3 is 16.2 Å². The van der Waals surface area contributed by atoms with Crippen LogP contribution in [0.2, 0.25) is 0 Å². The fourth-order valence-corrected chi connectivity index (χ4v) is 0.884. The highest BCUT2D eigenvalue weighted by Crippen LogP contribution is 2.05. The number of carbonyl (C=O) groups excluding carboxylic acids is 1. The van der Waals surface area contributed by atoms with E-state index in [1.54, 1.807) is 0 Å². The van der Waals surface area contributed by atoms with Gasteiger partial charge in [0.05, 0.1) is 6.04 Å². The standard InChI is InChI=1S/C9H18N2O3/c1-4-5(2)7(10)8(12)11-6(3)9(13)14/h5-7H,4,10H2,1-3H3,(H,11,12)(H,13,14)/t5-,6?,7-/m0/s1. The molecule has 0 fully saturated rings. The van der Waals surface area contributed by atoms with Gasteiger partial charge in [0.1, 0.15) is 6.04 Å². The Morgan fingerprint density at radius 3 is 2.29 bits per heavy atom. The molecular formula is C9H18N2O3. The normalized spacial score (nSPS) is 16.9. The van der Waals surface area contributed by atoms with Gasteiger partial charge >= 0.3 is 5.97 Å². The molecule has 4 N–H and O–H groups in total. The van der Waals surface area contributed by atoms with Crippen LogP contribution in [0.25, 0.3) is 0 Å². The molecule has 0 spiro atoms. The number of rotatable bonds is 5. The number of hydrogen-bond acceptors (Lipinski definition) is 3. The molecule has 5 nitrogen and oxygen atoms in total. The number of carboxylic acids is 1. The predicted octanol–water partition coefficient (Wildman–Crippen LogP) is -0.0509. The second-order valence-corrected chi connectivity index (χ2v) is 3.48. The number of nitrogens with two attached hydrogens (primary N) is 1. The monoisotopic (exact) mass is 202 g/mol. The van der Waals surface area contributed by atoms with Crippen molar-refractivity contribution in [1.29, 1.82) is 0 Å². The van der Waals surface area contributed by atoms with Crippen LogP contribution >= 0.6 is 0 Å². The van der Waals surface area contributed by atoms with Crippen molar-refractivity contribution >= 4 is 11.9 Å². The second kappa shape index (κ2) is 5.59. The number of carboxylic acid groups (broad SMARTS) is 1. The van der Waals surface area contributed by atoms with Crippen molar-refractivity contribution in [1.82, 2.24) is 5.32 Å². The van der Waals surface area contributed by atoms with Gasteiger partial charge in [-0.25, -0.2) is 0 Å². The van der Waals surface area contributed by atoms with Crippen LogP contribution in [-0.2, 0) is 9.59 Å². The Hall–Kier alpha value is -1.10. The third kappa shape index (κ3) is 3.74. The van der Waals surface area contributed by atoms with Crippen molar-refractivity contribution in [2.45, 2.75) is 39.3 Å². The molecule has 0 aliphatic heterocycles. The number of hydrogen-bond donors (Lipinski definition) is 3. The summed E-state index contributed by atoms with van der Waals surface area (Å²) in [5.74, 6) is -1.42. The van der Waals surface area contributed by atoms with E-state index in [9.17, 15) is 9.59 Å². The molecule has 0 heterocycles. The lowest BCUT2D eigenvalue weighted by molar-refractivity contribution is -0.141. The van der Waals surface area contributed by atoms with E-state index in [1.807, 2.05) is 13.8 Å². The van der Waals surface area contributed by atoms with Crippen LogP contribution in [0.1, 0.15) is 27.2 Å². The minimum atomic E-state index is -1.06. The van der Waals surface area contributed by atoms with Crippen LogP contribution in [0.5, 0.6) is 0 Å². The van der Waals surface area contributed by atoms with Gasteiger partial charge in [0.15, 0.2) is 0 Å². The molecular weight excluding hydrogens is 184 g/mol. The van der Waals surface area contributed by atoms with Crippen LogP contribution < -0.4 is 11.1 Å². The first-order valence-corrected chi connectivity index (χ1v) is 4.68. The summed E-state index contributed by atoms with van der Waals surface area (Å²) in [6, 6.07) is -1.53. The van der Waals surface area contributed by atoms with E-state index in [4.69, 9.17) is 10.8 Å². The van der Waals surface area contributed by atoms with E-state index in [-0.39, 0.29) is 5.92 Å². The number of nitrogens with one attached hydrogen (secondary N) is 1. The topological polar surface area (TPSA) is 92.4 Å². The van der Waals surface area contributed by atoms with Crippen molar-refractivity contribution in [3.63, 3.8) is 0 Å². The summed E-state index contributed by atoms with van der Waals surface area (Å²) in [5, 5.41) is 10.9. The summed E-state index contributed by atoms with van der Waals surface area (Å²) in [6.07, 6.45) is 0.788. The van der Waals surface area contributed by atoms with Crippen LogP contribution in [0.15, 0.2) is 0 Å². The molecule has 82 valence electrons. The lowest BCUT2D eigenvalue weighted by Crippen LogP contribution is -2.49. The zero-order valence-corrected chi connectivity index (χ0v) is 8.78. The fourth-order valence-electron chi connectivity index (χ4n) is 0.884. The van der Waals surface area contributed by atoms with E-state index in [1.165, 1.54) is 6.92 Å². The zero-order valence-electron chi connectivity index (χ0n) is 8.78. The summed E-state index contributed by atoms with van der Waals surface area (Å²) >= 11 is 0. The Kier molecular flexibility index (Phi) is 5.15. The van der Waals surface area contributed by atoms with Gasteiger partial charge in [-0.2, -0.15) is 0 Å². The van der Waals surface area contributed by atoms with Gasteiger partial charge in [-0.15, -0.1) is 0 Å². The molecule has 1 unspecified atom stereocenters. The maximum atomic E-state index is 11.4. The summed E-state index contributed by atoms with van der Waals surface area (Å²) in [5.41, 5.74) is 5.61. The maximum Gasteiger partial charge on any atom is 0.325 e. The van der Waals surface area contributed by atoms with Gasteiger partial charge in [0.25, 0.3) is 0 Å². The molecule has 0 radical (unpaired) electrons. The molecule has 5 heteroatoms. The van der Waals surface area contributed by atoms with Crippen molar-refractivity contribution in [2.75, 3.05) is 0 Å². The summed E-state index contributed by atoms with van der Waals surface area (Å²) in [7, 11) is 0. The predicted molar refractivity (Wildman–Crippen MR) is 52.7 cm³/mol. The van der Waals surface area contributed by atoms with Crippen LogP contribution in [0, 0.1) is 5.92 Å². The molecule has 0 aromatic rings. The highest BCUT2D eigenvalue weighted by atomic mass is 16.4. The second-order valence-electron chi connectivity index (χ2n) is 3.48. The van der Waals surface area contributed by atoms with Gasteiger partial charge in [0, 0.05) is 0 Å². The van der Waals surface area contributed by atoms with E-state index in [0.29, 0.717) is 0 Å². The Morgan fingerprint density at radius 1 is 1.43 bits per heavy atom. The average molecular weight is 202 g/mol. The molecule has 0 saturated carbocycles. The molecule has 0 aliphatic rings. The minimum Gasteiger partial charge on any atom is -0.480 e. The third-order valence-corrected chi connectivity index (χ3v) is 2.29. The SMILES string of the molecule is CC[C@H](C)[C@H](N)C(=O)NC(C)C(=O)O. The van der Waals surface area contributed by atoms with Crippen LogP contribution in [0.4, 0.5) is 0 Å². The molecule has 3 atom stereocenters. The lowest BCUT2D eigenvalue weighted by atomic mass is 9.99. The van der Waals surface area contributed by atoms with Gasteiger partial charge in [-0.3, -0.25) is 9.59 Å². The molecule has 0 aromatic heterocycles. The Labute approximate surface area is 83.7 Å². The molecule has 1 amide bonds. The number of aliphatic carboxylic acids is 1. The first kappa shape index (κ1) is 12.9. The molecule has 14 heavy (non-hydrogen) atoms. The van der Waals surface area contributed by atoms with Crippen LogP contribution in [0.3, 0.4) is 0 Å². The zero-order chi connectivity index (χ0) is 11.3. The Balaban J connectivity index is 4.14. The molecule has 0 aliphatic carbocycles. The van der Waals surface area contributed by atoms with E-state index in [0.717, 1.165) is 6.42 Å².